The van der Waals surface area contributed by atoms with Crippen LogP contribution in [0.3, 0.4) is 0 Å². The van der Waals surface area contributed by atoms with Crippen LogP contribution in [-0.4, -0.2) is 40.3 Å². The Balaban J connectivity index is 1.90. The first-order valence-electron chi connectivity index (χ1n) is 7.96. The van der Waals surface area contributed by atoms with Gasteiger partial charge in [-0.05, 0) is 45.0 Å². The molecule has 1 heterocycles. The molecule has 0 saturated heterocycles. The lowest BCUT2D eigenvalue weighted by Gasteiger charge is -2.11. The first-order chi connectivity index (χ1) is 12.0. The molecule has 0 aliphatic heterocycles. The van der Waals surface area contributed by atoms with Crippen molar-refractivity contribution in [2.24, 2.45) is 0 Å². The molecular weight excluding hydrogens is 342 g/mol. The van der Waals surface area contributed by atoms with E-state index in [1.165, 1.54) is 18.0 Å². The predicted molar refractivity (Wildman–Crippen MR) is 96.1 cm³/mol. The molecule has 0 aliphatic carbocycles. The second-order valence-electron chi connectivity index (χ2n) is 5.03. The number of H-pyrrole nitrogens is 1. The van der Waals surface area contributed by atoms with Crippen LogP contribution in [0, 0.1) is 0 Å². The minimum absolute atomic E-state index is 0.164. The lowest BCUT2D eigenvalue weighted by atomic mass is 10.3. The van der Waals surface area contributed by atoms with Crippen molar-refractivity contribution in [3.8, 4) is 5.75 Å². The van der Waals surface area contributed by atoms with E-state index in [0.29, 0.717) is 24.1 Å². The van der Waals surface area contributed by atoms with Crippen LogP contribution >= 0.6 is 11.8 Å². The van der Waals surface area contributed by atoms with E-state index in [9.17, 15) is 9.59 Å². The van der Waals surface area contributed by atoms with Gasteiger partial charge in [0.1, 0.15) is 11.4 Å². The van der Waals surface area contributed by atoms with E-state index in [2.05, 4.69) is 15.3 Å². The predicted octanol–water partition coefficient (Wildman–Crippen LogP) is 3.10. The summed E-state index contributed by atoms with van der Waals surface area (Å²) in [6, 6.07) is 7.17. The van der Waals surface area contributed by atoms with Crippen LogP contribution in [0.25, 0.3) is 0 Å². The molecule has 1 unspecified atom stereocenters. The second kappa shape index (κ2) is 9.12. The number of amides is 1. The molecule has 0 saturated carbocycles. The highest BCUT2D eigenvalue weighted by Gasteiger charge is 2.18. The van der Waals surface area contributed by atoms with Gasteiger partial charge in [-0.25, -0.2) is 9.78 Å². The van der Waals surface area contributed by atoms with E-state index >= 15 is 0 Å². The summed E-state index contributed by atoms with van der Waals surface area (Å²) in [5, 5.41) is 2.92. The molecular formula is C17H21N3O4S. The summed E-state index contributed by atoms with van der Waals surface area (Å²) in [6.45, 7) is 6.30. The van der Waals surface area contributed by atoms with Crippen molar-refractivity contribution < 1.29 is 19.1 Å². The van der Waals surface area contributed by atoms with E-state index in [0.717, 1.165) is 5.75 Å². The number of carbonyl (C=O) groups excluding carboxylic acids is 2. The molecule has 2 N–H and O–H groups in total. The third kappa shape index (κ3) is 5.53. The van der Waals surface area contributed by atoms with E-state index in [4.69, 9.17) is 9.47 Å². The zero-order valence-electron chi connectivity index (χ0n) is 14.4. The van der Waals surface area contributed by atoms with Gasteiger partial charge in [-0.3, -0.25) is 4.79 Å². The SMILES string of the molecule is CCOC(=O)c1cnc(SC(C)C(=O)Nc2ccc(OCC)cc2)[nH]1. The van der Waals surface area contributed by atoms with Gasteiger partial charge in [0.05, 0.1) is 24.7 Å². The van der Waals surface area contributed by atoms with Crippen molar-refractivity contribution in [1.82, 2.24) is 9.97 Å². The smallest absolute Gasteiger partial charge is 0.356 e. The number of nitrogens with one attached hydrogen (secondary N) is 2. The topological polar surface area (TPSA) is 93.3 Å². The number of aromatic nitrogens is 2. The van der Waals surface area contributed by atoms with Crippen molar-refractivity contribution in [2.75, 3.05) is 18.5 Å². The molecule has 1 aromatic heterocycles. The number of ether oxygens (including phenoxy) is 2. The number of nitrogens with zero attached hydrogens (tertiary/aromatic N) is 1. The molecule has 25 heavy (non-hydrogen) atoms. The largest absolute Gasteiger partial charge is 0.494 e. The summed E-state index contributed by atoms with van der Waals surface area (Å²) in [5.41, 5.74) is 0.955. The second-order valence-corrected chi connectivity index (χ2v) is 6.36. The summed E-state index contributed by atoms with van der Waals surface area (Å²) in [5.74, 6) is 0.126. The average Bonchev–Trinajstić information content (AvgIpc) is 3.05. The number of hydrogen-bond acceptors (Lipinski definition) is 6. The van der Waals surface area contributed by atoms with Gasteiger partial charge < -0.3 is 19.8 Å². The molecule has 2 rings (SSSR count). The number of hydrogen-bond donors (Lipinski definition) is 2. The van der Waals surface area contributed by atoms with Crippen molar-refractivity contribution in [2.45, 2.75) is 31.2 Å². The van der Waals surface area contributed by atoms with Gasteiger partial charge in [0.2, 0.25) is 5.91 Å². The minimum Gasteiger partial charge on any atom is -0.494 e. The van der Waals surface area contributed by atoms with Gasteiger partial charge in [-0.2, -0.15) is 0 Å². The van der Waals surface area contributed by atoms with E-state index < -0.39 is 11.2 Å². The highest BCUT2D eigenvalue weighted by Crippen LogP contribution is 2.22. The fourth-order valence-corrected chi connectivity index (χ4v) is 2.72. The Morgan fingerprint density at radius 2 is 1.96 bits per heavy atom. The lowest BCUT2D eigenvalue weighted by Crippen LogP contribution is -2.22. The van der Waals surface area contributed by atoms with Crippen molar-refractivity contribution in [3.63, 3.8) is 0 Å². The average molecular weight is 363 g/mol. The summed E-state index contributed by atoms with van der Waals surface area (Å²) in [6.07, 6.45) is 1.40. The molecule has 1 amide bonds. The van der Waals surface area contributed by atoms with Gasteiger partial charge in [0, 0.05) is 5.69 Å². The van der Waals surface area contributed by atoms with Crippen LogP contribution in [0.15, 0.2) is 35.6 Å². The molecule has 2 aromatic rings. The molecule has 1 aromatic carbocycles. The summed E-state index contributed by atoms with van der Waals surface area (Å²) >= 11 is 1.23. The van der Waals surface area contributed by atoms with Crippen molar-refractivity contribution in [1.29, 1.82) is 0 Å². The molecule has 134 valence electrons. The van der Waals surface area contributed by atoms with Gasteiger partial charge in [0.25, 0.3) is 0 Å². The van der Waals surface area contributed by atoms with Crippen molar-refractivity contribution >= 4 is 29.3 Å². The number of thioether (sulfide) groups is 1. The van der Waals surface area contributed by atoms with Crippen LogP contribution < -0.4 is 10.1 Å². The Labute approximate surface area is 150 Å². The maximum Gasteiger partial charge on any atom is 0.356 e. The van der Waals surface area contributed by atoms with Crippen LogP contribution in [0.5, 0.6) is 5.75 Å². The zero-order valence-corrected chi connectivity index (χ0v) is 15.2. The first-order valence-corrected chi connectivity index (χ1v) is 8.84. The molecule has 8 heteroatoms. The van der Waals surface area contributed by atoms with Gasteiger partial charge in [0.15, 0.2) is 5.16 Å². The Hall–Kier alpha value is -2.48. The zero-order chi connectivity index (χ0) is 18.2. The summed E-state index contributed by atoms with van der Waals surface area (Å²) in [4.78, 5) is 30.8. The number of imidazole rings is 1. The molecule has 0 fully saturated rings. The highest BCUT2D eigenvalue weighted by molar-refractivity contribution is 8.00. The van der Waals surface area contributed by atoms with Crippen LogP contribution in [0.2, 0.25) is 0 Å². The van der Waals surface area contributed by atoms with Crippen LogP contribution in [0.1, 0.15) is 31.3 Å². The molecule has 0 radical (unpaired) electrons. The van der Waals surface area contributed by atoms with E-state index in [1.54, 1.807) is 38.1 Å². The van der Waals surface area contributed by atoms with Crippen LogP contribution in [0.4, 0.5) is 5.69 Å². The van der Waals surface area contributed by atoms with Gasteiger partial charge in [-0.15, -0.1) is 0 Å². The standard InChI is InChI=1S/C17H21N3O4S/c1-4-23-13-8-6-12(7-9-13)19-15(21)11(3)25-17-18-10-14(20-17)16(22)24-5-2/h6-11H,4-5H2,1-3H3,(H,18,20)(H,19,21). The Bertz CT molecular complexity index is 715. The fraction of sp³-hybridized carbons (Fsp3) is 0.353. The number of anilines is 1. The normalized spacial score (nSPS) is 11.6. The number of carbonyl (C=O) groups is 2. The fourth-order valence-electron chi connectivity index (χ4n) is 1.94. The molecule has 1 atom stereocenters. The molecule has 0 aliphatic rings. The van der Waals surface area contributed by atoms with Gasteiger partial charge in [-0.1, -0.05) is 11.8 Å². The molecule has 7 nitrogen and oxygen atoms in total. The van der Waals surface area contributed by atoms with E-state index in [-0.39, 0.29) is 11.6 Å². The van der Waals surface area contributed by atoms with Crippen molar-refractivity contribution in [3.05, 3.63) is 36.2 Å². The summed E-state index contributed by atoms with van der Waals surface area (Å²) < 4.78 is 10.3. The first kappa shape index (κ1) is 18.9. The summed E-state index contributed by atoms with van der Waals surface area (Å²) in [7, 11) is 0. The number of rotatable bonds is 8. The third-order valence-electron chi connectivity index (χ3n) is 3.14. The lowest BCUT2D eigenvalue weighted by molar-refractivity contribution is -0.115. The Morgan fingerprint density at radius 1 is 1.24 bits per heavy atom. The highest BCUT2D eigenvalue weighted by atomic mass is 32.2. The number of aromatic amines is 1. The van der Waals surface area contributed by atoms with Crippen LogP contribution in [-0.2, 0) is 9.53 Å². The third-order valence-corrected chi connectivity index (χ3v) is 4.14. The minimum atomic E-state index is -0.464. The molecule has 0 spiro atoms. The Morgan fingerprint density at radius 3 is 2.60 bits per heavy atom. The monoisotopic (exact) mass is 363 g/mol. The van der Waals surface area contributed by atoms with E-state index in [1.807, 2.05) is 6.92 Å². The number of benzene rings is 1. The van der Waals surface area contributed by atoms with Gasteiger partial charge >= 0.3 is 5.97 Å². The Kier molecular flexibility index (Phi) is 6.88. The number of esters is 1. The maximum absolute atomic E-state index is 12.3. The maximum atomic E-state index is 12.3. The molecule has 0 bridgehead atoms. The quantitative estimate of drug-likeness (QED) is 0.553.